The predicted molar refractivity (Wildman–Crippen MR) is 101 cm³/mol. The van der Waals surface area contributed by atoms with Crippen molar-refractivity contribution in [2.24, 2.45) is 0 Å². The molecule has 0 radical (unpaired) electrons. The number of H-pyrrole nitrogens is 1. The van der Waals surface area contributed by atoms with Crippen LogP contribution in [0.2, 0.25) is 0 Å². The zero-order valence-electron chi connectivity index (χ0n) is 15.1. The minimum atomic E-state index is 0.155. The van der Waals surface area contributed by atoms with Crippen LogP contribution in [0.15, 0.2) is 49.1 Å². The van der Waals surface area contributed by atoms with Crippen LogP contribution in [0.5, 0.6) is 11.5 Å². The van der Waals surface area contributed by atoms with Gasteiger partial charge in [0.15, 0.2) is 11.1 Å². The summed E-state index contributed by atoms with van der Waals surface area (Å²) >= 11 is 0. The lowest BCUT2D eigenvalue weighted by atomic mass is 10.2. The lowest BCUT2D eigenvalue weighted by Gasteiger charge is -2.08. The van der Waals surface area contributed by atoms with Gasteiger partial charge in [0, 0.05) is 25.5 Å². The molecule has 138 valence electrons. The summed E-state index contributed by atoms with van der Waals surface area (Å²) in [6, 6.07) is 9.51. The zero-order valence-corrected chi connectivity index (χ0v) is 15.1. The number of fused-ring (bicyclic) bond motifs is 1. The Kier molecular flexibility index (Phi) is 4.37. The highest BCUT2D eigenvalue weighted by Crippen LogP contribution is 2.32. The molecule has 0 fully saturated rings. The van der Waals surface area contributed by atoms with E-state index in [2.05, 4.69) is 14.5 Å². The number of methoxy groups -OCH3 is 2. The smallest absolute Gasteiger partial charge is 0.173 e. The lowest BCUT2D eigenvalue weighted by molar-refractivity contribution is 0.404. The van der Waals surface area contributed by atoms with Gasteiger partial charge in [0.1, 0.15) is 22.8 Å². The van der Waals surface area contributed by atoms with Gasteiger partial charge < -0.3 is 23.6 Å². The third-order valence-electron chi connectivity index (χ3n) is 4.45. The van der Waals surface area contributed by atoms with Crippen LogP contribution < -0.4 is 15.0 Å². The molecule has 0 saturated heterocycles. The number of aromatic amines is 1. The Balaban J connectivity index is 1.79. The Bertz CT molecular complexity index is 1130. The molecular weight excluding hydrogens is 344 g/mol. The first-order valence-corrected chi connectivity index (χ1v) is 8.52. The van der Waals surface area contributed by atoms with E-state index in [0.717, 1.165) is 12.1 Å². The maximum atomic E-state index is 8.13. The quantitative estimate of drug-likeness (QED) is 0.549. The summed E-state index contributed by atoms with van der Waals surface area (Å²) in [5, 5.41) is 8.13. The molecule has 1 aromatic carbocycles. The molecule has 8 nitrogen and oxygen atoms in total. The summed E-state index contributed by atoms with van der Waals surface area (Å²) in [4.78, 5) is 12.1. The molecule has 0 bridgehead atoms. The highest BCUT2D eigenvalue weighted by Gasteiger charge is 2.15. The van der Waals surface area contributed by atoms with Crippen LogP contribution in [0.4, 0.5) is 0 Å². The molecule has 4 rings (SSSR count). The Hall–Kier alpha value is -3.55. The molecule has 3 heterocycles. The van der Waals surface area contributed by atoms with Crippen LogP contribution >= 0.6 is 0 Å². The van der Waals surface area contributed by atoms with Gasteiger partial charge in [0.2, 0.25) is 0 Å². The van der Waals surface area contributed by atoms with Crippen molar-refractivity contribution >= 4 is 11.2 Å². The Labute approximate surface area is 155 Å². The Morgan fingerprint density at radius 3 is 2.67 bits per heavy atom. The van der Waals surface area contributed by atoms with Crippen LogP contribution in [-0.2, 0) is 13.1 Å². The molecule has 0 saturated carbocycles. The van der Waals surface area contributed by atoms with Crippen molar-refractivity contribution in [2.45, 2.75) is 13.1 Å². The summed E-state index contributed by atoms with van der Waals surface area (Å²) in [6.45, 7) is 1.48. The van der Waals surface area contributed by atoms with Crippen LogP contribution in [0, 0.1) is 5.41 Å². The van der Waals surface area contributed by atoms with Crippen LogP contribution in [0.3, 0.4) is 0 Å². The summed E-state index contributed by atoms with van der Waals surface area (Å²) in [6.07, 6.45) is 5.68. The fourth-order valence-electron chi connectivity index (χ4n) is 3.02. The van der Waals surface area contributed by atoms with E-state index in [0.29, 0.717) is 35.0 Å². The van der Waals surface area contributed by atoms with E-state index in [1.165, 1.54) is 0 Å². The van der Waals surface area contributed by atoms with Gasteiger partial charge in [-0.3, -0.25) is 5.41 Å². The number of benzene rings is 1. The van der Waals surface area contributed by atoms with Crippen molar-refractivity contribution in [3.63, 3.8) is 0 Å². The number of hydrogen-bond acceptors (Lipinski definition) is 5. The predicted octanol–water partition coefficient (Wildman–Crippen LogP) is 2.42. The number of ether oxygens (including phenoxy) is 2. The van der Waals surface area contributed by atoms with Gasteiger partial charge >= 0.3 is 0 Å². The molecule has 27 heavy (non-hydrogen) atoms. The van der Waals surface area contributed by atoms with Gasteiger partial charge in [-0.2, -0.15) is 0 Å². The number of imidazole rings is 1. The molecule has 0 aliphatic heterocycles. The summed E-state index contributed by atoms with van der Waals surface area (Å²) in [7, 11) is 3.23. The number of aryl methyl sites for hydroxylation is 2. The zero-order chi connectivity index (χ0) is 18.8. The highest BCUT2D eigenvalue weighted by atomic mass is 16.5. The molecule has 0 aliphatic rings. The third-order valence-corrected chi connectivity index (χ3v) is 4.45. The fraction of sp³-hybridized carbons (Fsp3) is 0.211. The first kappa shape index (κ1) is 16.9. The molecular formula is C19H20N6O2. The summed E-state index contributed by atoms with van der Waals surface area (Å²) in [5.41, 5.74) is 2.19. The first-order valence-electron chi connectivity index (χ1n) is 8.52. The highest BCUT2D eigenvalue weighted by molar-refractivity contribution is 5.77. The van der Waals surface area contributed by atoms with E-state index in [4.69, 9.17) is 19.9 Å². The van der Waals surface area contributed by atoms with E-state index in [1.54, 1.807) is 20.5 Å². The molecule has 0 unspecified atom stereocenters. The third kappa shape index (κ3) is 3.17. The lowest BCUT2D eigenvalue weighted by Crippen LogP contribution is -2.14. The van der Waals surface area contributed by atoms with Gasteiger partial charge in [-0.1, -0.05) is 0 Å². The summed E-state index contributed by atoms with van der Waals surface area (Å²) < 4.78 is 14.8. The largest absolute Gasteiger partial charge is 0.497 e. The number of aromatic nitrogens is 5. The Morgan fingerprint density at radius 1 is 1.11 bits per heavy atom. The van der Waals surface area contributed by atoms with Gasteiger partial charge in [-0.05, 0) is 30.3 Å². The topological polar surface area (TPSA) is 93.7 Å². The van der Waals surface area contributed by atoms with Gasteiger partial charge in [-0.15, -0.1) is 0 Å². The monoisotopic (exact) mass is 364 g/mol. The van der Waals surface area contributed by atoms with E-state index in [1.807, 2.05) is 47.3 Å². The average molecular weight is 364 g/mol. The molecule has 2 N–H and O–H groups in total. The standard InChI is InChI=1S/C19H20N6O2/c1-26-13-5-6-15(27-2)14(11-13)18-22-16-17(20)21-12-25(19(16)23-18)10-9-24-7-3-4-8-24/h3-8,11-12,20H,9-10H2,1-2H3,(H,22,23). The van der Waals surface area contributed by atoms with Crippen molar-refractivity contribution in [2.75, 3.05) is 14.2 Å². The molecule has 0 atom stereocenters. The second-order valence-corrected chi connectivity index (χ2v) is 6.06. The number of hydrogen-bond donors (Lipinski definition) is 2. The molecule has 0 amide bonds. The summed E-state index contributed by atoms with van der Waals surface area (Å²) in [5.74, 6) is 1.99. The van der Waals surface area contributed by atoms with Crippen LogP contribution in [0.25, 0.3) is 22.6 Å². The fourth-order valence-corrected chi connectivity index (χ4v) is 3.02. The molecule has 3 aromatic heterocycles. The van der Waals surface area contributed by atoms with Crippen molar-refractivity contribution < 1.29 is 9.47 Å². The molecule has 0 spiro atoms. The minimum absolute atomic E-state index is 0.155. The molecule has 0 aliphatic carbocycles. The average Bonchev–Trinajstić information content (AvgIpc) is 3.37. The van der Waals surface area contributed by atoms with E-state index in [-0.39, 0.29) is 5.49 Å². The van der Waals surface area contributed by atoms with Gasteiger partial charge in [-0.25, -0.2) is 9.97 Å². The normalized spacial score (nSPS) is 11.0. The Morgan fingerprint density at radius 2 is 1.93 bits per heavy atom. The maximum Gasteiger partial charge on any atom is 0.173 e. The van der Waals surface area contributed by atoms with E-state index >= 15 is 0 Å². The minimum Gasteiger partial charge on any atom is -0.497 e. The number of nitrogens with zero attached hydrogens (tertiary/aromatic N) is 4. The van der Waals surface area contributed by atoms with Crippen molar-refractivity contribution in [1.82, 2.24) is 24.1 Å². The van der Waals surface area contributed by atoms with Crippen molar-refractivity contribution in [3.05, 3.63) is 54.5 Å². The second kappa shape index (κ2) is 6.99. The molecule has 8 heteroatoms. The van der Waals surface area contributed by atoms with Crippen LogP contribution in [-0.4, -0.2) is 38.3 Å². The van der Waals surface area contributed by atoms with Gasteiger partial charge in [0.25, 0.3) is 0 Å². The van der Waals surface area contributed by atoms with Crippen molar-refractivity contribution in [3.8, 4) is 22.9 Å². The van der Waals surface area contributed by atoms with Crippen molar-refractivity contribution in [1.29, 1.82) is 5.41 Å². The maximum absolute atomic E-state index is 8.13. The van der Waals surface area contributed by atoms with Crippen LogP contribution in [0.1, 0.15) is 0 Å². The van der Waals surface area contributed by atoms with Gasteiger partial charge in [0.05, 0.1) is 26.1 Å². The number of nitrogens with one attached hydrogen (secondary N) is 2. The van der Waals surface area contributed by atoms with E-state index < -0.39 is 0 Å². The second-order valence-electron chi connectivity index (χ2n) is 6.06. The first-order chi connectivity index (χ1) is 13.2. The number of rotatable bonds is 6. The van der Waals surface area contributed by atoms with E-state index in [9.17, 15) is 0 Å². The SMILES string of the molecule is COc1ccc(OC)c(-c2nc3c([nH]2)c(=N)ncn3CCn2cccc2)c1. The molecule has 4 aromatic rings.